The van der Waals surface area contributed by atoms with Gasteiger partial charge in [-0.05, 0) is 42.7 Å². The summed E-state index contributed by atoms with van der Waals surface area (Å²) >= 11 is 0. The van der Waals surface area contributed by atoms with Gasteiger partial charge in [0.25, 0.3) is 0 Å². The van der Waals surface area contributed by atoms with Crippen LogP contribution in [-0.2, 0) is 20.7 Å². The lowest BCUT2D eigenvalue weighted by molar-refractivity contribution is -0.143. The number of carbonyl (C=O) groups excluding carboxylic acids is 2. The molecule has 1 saturated heterocycles. The van der Waals surface area contributed by atoms with Gasteiger partial charge in [-0.2, -0.15) is 5.26 Å². The summed E-state index contributed by atoms with van der Waals surface area (Å²) in [7, 11) is 0. The summed E-state index contributed by atoms with van der Waals surface area (Å²) in [6.07, 6.45) is 4.02. The number of rotatable bonds is 5. The van der Waals surface area contributed by atoms with Crippen LogP contribution in [0.25, 0.3) is 6.08 Å². The zero-order chi connectivity index (χ0) is 19.9. The fourth-order valence-electron chi connectivity index (χ4n) is 3.42. The second-order valence-electron chi connectivity index (χ2n) is 6.86. The Kier molecular flexibility index (Phi) is 6.33. The van der Waals surface area contributed by atoms with Gasteiger partial charge in [-0.25, -0.2) is 4.39 Å². The number of esters is 1. The van der Waals surface area contributed by atoms with Crippen molar-refractivity contribution >= 4 is 17.8 Å². The molecule has 1 unspecified atom stereocenters. The third kappa shape index (κ3) is 4.92. The van der Waals surface area contributed by atoms with Gasteiger partial charge in [0, 0.05) is 23.8 Å². The maximum absolute atomic E-state index is 14.0. The van der Waals surface area contributed by atoms with Gasteiger partial charge in [-0.3, -0.25) is 9.59 Å². The lowest BCUT2D eigenvalue weighted by Crippen LogP contribution is -2.26. The molecule has 0 spiro atoms. The van der Waals surface area contributed by atoms with Crippen LogP contribution in [0.5, 0.6) is 0 Å². The zero-order valence-electron chi connectivity index (χ0n) is 15.3. The smallest absolute Gasteiger partial charge is 0.305 e. The second-order valence-corrected chi connectivity index (χ2v) is 6.86. The molecule has 0 aliphatic carbocycles. The number of hydrogen-bond donors (Lipinski definition) is 0. The van der Waals surface area contributed by atoms with E-state index in [-0.39, 0.29) is 47.7 Å². The Morgan fingerprint density at radius 1 is 1.25 bits per heavy atom. The van der Waals surface area contributed by atoms with Gasteiger partial charge in [-0.15, -0.1) is 0 Å². The van der Waals surface area contributed by atoms with Crippen molar-refractivity contribution < 1.29 is 18.7 Å². The van der Waals surface area contributed by atoms with Crippen LogP contribution in [-0.4, -0.2) is 18.4 Å². The summed E-state index contributed by atoms with van der Waals surface area (Å²) in [6.45, 7) is 0.198. The van der Waals surface area contributed by atoms with Crippen molar-refractivity contribution in [2.24, 2.45) is 11.8 Å². The van der Waals surface area contributed by atoms with E-state index < -0.39 is 5.82 Å². The molecule has 4 nitrogen and oxygen atoms in total. The summed E-state index contributed by atoms with van der Waals surface area (Å²) in [4.78, 5) is 24.5. The van der Waals surface area contributed by atoms with E-state index in [2.05, 4.69) is 0 Å². The molecule has 1 aliphatic heterocycles. The van der Waals surface area contributed by atoms with Gasteiger partial charge >= 0.3 is 5.97 Å². The number of allylic oxidation sites excluding steroid dienone is 1. The Bertz CT molecular complexity index is 931. The minimum absolute atomic E-state index is 0.128. The highest BCUT2D eigenvalue weighted by molar-refractivity contribution is 5.96. The van der Waals surface area contributed by atoms with Crippen molar-refractivity contribution in [1.82, 2.24) is 0 Å². The van der Waals surface area contributed by atoms with E-state index in [9.17, 15) is 14.0 Å². The first kappa shape index (κ1) is 19.5. The first-order valence-electron chi connectivity index (χ1n) is 9.18. The number of carbonyl (C=O) groups is 2. The number of benzene rings is 2. The van der Waals surface area contributed by atoms with Gasteiger partial charge in [0.2, 0.25) is 0 Å². The summed E-state index contributed by atoms with van der Waals surface area (Å²) in [5, 5.41) is 8.81. The Morgan fingerprint density at radius 2 is 2.04 bits per heavy atom. The van der Waals surface area contributed by atoms with E-state index in [4.69, 9.17) is 10.00 Å². The Hall–Kier alpha value is -3.26. The van der Waals surface area contributed by atoms with Crippen LogP contribution in [0.15, 0.2) is 54.6 Å². The maximum atomic E-state index is 14.0. The molecule has 2 aromatic carbocycles. The molecule has 1 heterocycles. The molecule has 1 aliphatic rings. The highest BCUT2D eigenvalue weighted by Crippen LogP contribution is 2.28. The minimum atomic E-state index is -0.552. The first-order valence-corrected chi connectivity index (χ1v) is 9.18. The van der Waals surface area contributed by atoms with E-state index in [0.29, 0.717) is 12.8 Å². The summed E-state index contributed by atoms with van der Waals surface area (Å²) < 4.78 is 19.3. The number of ketones is 1. The normalized spacial score (nSPS) is 19.6. The average molecular weight is 377 g/mol. The predicted molar refractivity (Wildman–Crippen MR) is 102 cm³/mol. The number of nitriles is 1. The Morgan fingerprint density at radius 3 is 2.75 bits per heavy atom. The number of halogens is 1. The highest BCUT2D eigenvalue weighted by atomic mass is 19.1. The quantitative estimate of drug-likeness (QED) is 0.581. The van der Waals surface area contributed by atoms with Crippen LogP contribution in [0.4, 0.5) is 4.39 Å². The minimum Gasteiger partial charge on any atom is -0.465 e. The van der Waals surface area contributed by atoms with E-state index in [1.807, 2.05) is 36.4 Å². The molecule has 28 heavy (non-hydrogen) atoms. The monoisotopic (exact) mass is 377 g/mol. The Balaban J connectivity index is 1.78. The molecule has 0 amide bonds. The predicted octanol–water partition coefficient (Wildman–Crippen LogP) is 4.09. The second kappa shape index (κ2) is 9.09. The van der Waals surface area contributed by atoms with Gasteiger partial charge in [-0.1, -0.05) is 36.4 Å². The summed E-state index contributed by atoms with van der Waals surface area (Å²) in [5.41, 5.74) is 1.54. The molecule has 0 bridgehead atoms. The van der Waals surface area contributed by atoms with E-state index in [1.165, 1.54) is 24.3 Å². The van der Waals surface area contributed by atoms with Crippen LogP contribution >= 0.6 is 0 Å². The molecule has 2 atom stereocenters. The summed E-state index contributed by atoms with van der Waals surface area (Å²) in [5.74, 6) is -1.50. The van der Waals surface area contributed by atoms with Crippen molar-refractivity contribution in [1.29, 1.82) is 5.26 Å². The molecule has 5 heteroatoms. The van der Waals surface area contributed by atoms with Gasteiger partial charge in [0.15, 0.2) is 5.78 Å². The van der Waals surface area contributed by atoms with Crippen molar-refractivity contribution in [2.75, 3.05) is 6.61 Å². The fraction of sp³-hybridized carbons (Fsp3) is 0.261. The molecule has 2 aromatic rings. The van der Waals surface area contributed by atoms with E-state index >= 15 is 0 Å². The van der Waals surface area contributed by atoms with Crippen molar-refractivity contribution in [3.05, 3.63) is 77.1 Å². The average Bonchev–Trinajstić information content (AvgIpc) is 2.89. The van der Waals surface area contributed by atoms with Crippen molar-refractivity contribution in [3.8, 4) is 6.07 Å². The van der Waals surface area contributed by atoms with Crippen LogP contribution in [0, 0.1) is 29.0 Å². The zero-order valence-corrected chi connectivity index (χ0v) is 15.3. The van der Waals surface area contributed by atoms with Gasteiger partial charge in [0.05, 0.1) is 18.2 Å². The fourth-order valence-corrected chi connectivity index (χ4v) is 3.42. The number of nitrogens with zero attached hydrogens (tertiary/aromatic N) is 1. The molecular weight excluding hydrogens is 357 g/mol. The largest absolute Gasteiger partial charge is 0.465 e. The molecule has 0 saturated carbocycles. The van der Waals surface area contributed by atoms with Gasteiger partial charge in [0.1, 0.15) is 5.82 Å². The molecular formula is C23H20FNO3. The number of cyclic esters (lactones) is 1. The van der Waals surface area contributed by atoms with Crippen LogP contribution in [0.2, 0.25) is 0 Å². The number of hydrogen-bond acceptors (Lipinski definition) is 4. The molecule has 0 N–H and O–H groups in total. The maximum Gasteiger partial charge on any atom is 0.305 e. The molecule has 0 aromatic heterocycles. The van der Waals surface area contributed by atoms with Gasteiger partial charge < -0.3 is 4.74 Å². The summed E-state index contributed by atoms with van der Waals surface area (Å²) in [6, 6.07) is 15.7. The standard InChI is InChI=1S/C23H20FNO3/c24-21-13-17(14-25)6-7-18(21)8-10-22(26)20-9-11-23(27)28-15-19(20)12-16-4-2-1-3-5-16/h1-8,10,13,19-20H,9,11-12,15H2/b10-8+/t19-,20?/m0/s1. The molecule has 0 radical (unpaired) electrons. The first-order chi connectivity index (χ1) is 13.6. The van der Waals surface area contributed by atoms with Crippen LogP contribution < -0.4 is 0 Å². The topological polar surface area (TPSA) is 67.2 Å². The van der Waals surface area contributed by atoms with Crippen LogP contribution in [0.1, 0.15) is 29.5 Å². The van der Waals surface area contributed by atoms with E-state index in [0.717, 1.165) is 11.6 Å². The molecule has 142 valence electrons. The Labute approximate surface area is 163 Å². The lowest BCUT2D eigenvalue weighted by Gasteiger charge is -2.22. The van der Waals surface area contributed by atoms with E-state index in [1.54, 1.807) is 0 Å². The molecule has 1 fully saturated rings. The van der Waals surface area contributed by atoms with Crippen molar-refractivity contribution in [2.45, 2.75) is 19.3 Å². The SMILES string of the molecule is N#Cc1ccc(/C=C/C(=O)C2CCC(=O)OC[C@@H]2Cc2ccccc2)c(F)c1. The highest BCUT2D eigenvalue weighted by Gasteiger charge is 2.31. The molecule has 3 rings (SSSR count). The van der Waals surface area contributed by atoms with Crippen LogP contribution in [0.3, 0.4) is 0 Å². The lowest BCUT2D eigenvalue weighted by atomic mass is 9.82. The third-order valence-electron chi connectivity index (χ3n) is 4.95. The number of ether oxygens (including phenoxy) is 1. The third-order valence-corrected chi connectivity index (χ3v) is 4.95. The van der Waals surface area contributed by atoms with Crippen molar-refractivity contribution in [3.63, 3.8) is 0 Å².